The molecule has 1 fully saturated rings. The smallest absolute Gasteiger partial charge is 0.338 e. The van der Waals surface area contributed by atoms with Gasteiger partial charge in [0, 0.05) is 18.6 Å². The maximum absolute atomic E-state index is 12.3. The number of hydrogen-bond acceptors (Lipinski definition) is 5. The van der Waals surface area contributed by atoms with Crippen LogP contribution in [0.5, 0.6) is 11.5 Å². The first-order valence-electron chi connectivity index (χ1n) is 8.41. The van der Waals surface area contributed by atoms with Crippen LogP contribution in [0, 0.1) is 0 Å². The van der Waals surface area contributed by atoms with Crippen molar-refractivity contribution in [3.63, 3.8) is 0 Å². The molecule has 126 valence electrons. The zero-order chi connectivity index (χ0) is 16.4. The summed E-state index contributed by atoms with van der Waals surface area (Å²) in [5, 5.41) is 0. The van der Waals surface area contributed by atoms with Gasteiger partial charge >= 0.3 is 5.97 Å². The van der Waals surface area contributed by atoms with Crippen LogP contribution < -0.4 is 9.47 Å². The van der Waals surface area contributed by atoms with Crippen molar-refractivity contribution in [1.29, 1.82) is 0 Å². The number of hydrogen-bond donors (Lipinski definition) is 0. The van der Waals surface area contributed by atoms with Crippen molar-refractivity contribution in [2.45, 2.75) is 58.2 Å². The van der Waals surface area contributed by atoms with Gasteiger partial charge in [0.05, 0.1) is 5.56 Å². The zero-order valence-electron chi connectivity index (χ0n) is 14.1. The number of benzene rings is 1. The Labute approximate surface area is 137 Å². The maximum atomic E-state index is 12.3. The van der Waals surface area contributed by atoms with E-state index < -0.39 is 0 Å². The summed E-state index contributed by atoms with van der Waals surface area (Å²) in [5.74, 6) is 0.962. The molecule has 5 nitrogen and oxygen atoms in total. The van der Waals surface area contributed by atoms with E-state index in [9.17, 15) is 4.79 Å². The molecule has 1 saturated heterocycles. The number of esters is 1. The highest BCUT2D eigenvalue weighted by atomic mass is 16.7. The molecule has 0 aromatic heterocycles. The van der Waals surface area contributed by atoms with Crippen molar-refractivity contribution < 1.29 is 19.0 Å². The molecular weight excluding hydrogens is 294 g/mol. The Kier molecular flexibility index (Phi) is 4.76. The standard InChI is InChI=1S/C18H25NO4/c1-12-5-4-6-13(2)19(12)10-14(3)23-18(20)15-7-8-16-17(9-15)22-11-21-16/h7-9,12-14H,4-6,10-11H2,1-3H3. The van der Waals surface area contributed by atoms with Crippen molar-refractivity contribution in [2.75, 3.05) is 13.3 Å². The molecule has 0 bridgehead atoms. The van der Waals surface area contributed by atoms with Gasteiger partial charge in [-0.3, -0.25) is 4.90 Å². The minimum absolute atomic E-state index is 0.143. The first-order chi connectivity index (χ1) is 11.0. The van der Waals surface area contributed by atoms with Crippen molar-refractivity contribution in [3.05, 3.63) is 23.8 Å². The van der Waals surface area contributed by atoms with Crippen molar-refractivity contribution in [1.82, 2.24) is 4.90 Å². The Balaban J connectivity index is 1.59. The maximum Gasteiger partial charge on any atom is 0.338 e. The van der Waals surface area contributed by atoms with Gasteiger partial charge < -0.3 is 14.2 Å². The lowest BCUT2D eigenvalue weighted by Crippen LogP contribution is -2.47. The van der Waals surface area contributed by atoms with E-state index in [1.807, 2.05) is 6.92 Å². The molecule has 0 saturated carbocycles. The van der Waals surface area contributed by atoms with Gasteiger partial charge in [0.25, 0.3) is 0 Å². The third-order valence-electron chi connectivity index (χ3n) is 4.76. The van der Waals surface area contributed by atoms with Gasteiger partial charge in [0.15, 0.2) is 11.5 Å². The van der Waals surface area contributed by atoms with Crippen LogP contribution in [0.3, 0.4) is 0 Å². The van der Waals surface area contributed by atoms with Crippen molar-refractivity contribution >= 4 is 5.97 Å². The molecular formula is C18H25NO4. The van der Waals surface area contributed by atoms with Gasteiger partial charge in [0.1, 0.15) is 6.10 Å². The van der Waals surface area contributed by atoms with Crippen LogP contribution in [0.1, 0.15) is 50.4 Å². The summed E-state index contributed by atoms with van der Waals surface area (Å²) < 4.78 is 16.2. The van der Waals surface area contributed by atoms with Crippen LogP contribution in [-0.2, 0) is 4.74 Å². The van der Waals surface area contributed by atoms with Crippen LogP contribution in [0.15, 0.2) is 18.2 Å². The van der Waals surface area contributed by atoms with E-state index in [1.54, 1.807) is 18.2 Å². The molecule has 0 spiro atoms. The molecule has 3 rings (SSSR count). The number of carbonyl (C=O) groups excluding carboxylic acids is 1. The average molecular weight is 319 g/mol. The second kappa shape index (κ2) is 6.79. The summed E-state index contributed by atoms with van der Waals surface area (Å²) in [7, 11) is 0. The lowest BCUT2D eigenvalue weighted by atomic mass is 9.97. The van der Waals surface area contributed by atoms with Crippen LogP contribution in [0.25, 0.3) is 0 Å². The molecule has 0 N–H and O–H groups in total. The Bertz CT molecular complexity index is 564. The summed E-state index contributed by atoms with van der Waals surface area (Å²) in [4.78, 5) is 14.8. The fourth-order valence-electron chi connectivity index (χ4n) is 3.44. The number of ether oxygens (including phenoxy) is 3. The molecule has 3 atom stereocenters. The fourth-order valence-corrected chi connectivity index (χ4v) is 3.44. The zero-order valence-corrected chi connectivity index (χ0v) is 14.1. The highest BCUT2D eigenvalue weighted by molar-refractivity contribution is 5.90. The van der Waals surface area contributed by atoms with E-state index in [2.05, 4.69) is 18.7 Å². The molecule has 1 aromatic rings. The van der Waals surface area contributed by atoms with Gasteiger partial charge in [-0.2, -0.15) is 0 Å². The van der Waals surface area contributed by atoms with Gasteiger partial charge in [-0.1, -0.05) is 6.42 Å². The van der Waals surface area contributed by atoms with Gasteiger partial charge in [-0.15, -0.1) is 0 Å². The molecule has 2 heterocycles. The average Bonchev–Trinajstić information content (AvgIpc) is 2.98. The number of carbonyl (C=O) groups is 1. The normalized spacial score (nSPS) is 25.2. The molecule has 5 heteroatoms. The second-order valence-corrected chi connectivity index (χ2v) is 6.61. The predicted molar refractivity (Wildman–Crippen MR) is 86.9 cm³/mol. The third-order valence-corrected chi connectivity index (χ3v) is 4.76. The van der Waals surface area contributed by atoms with E-state index in [4.69, 9.17) is 14.2 Å². The summed E-state index contributed by atoms with van der Waals surface area (Å²) in [6.07, 6.45) is 3.57. The number of piperidine rings is 1. The largest absolute Gasteiger partial charge is 0.458 e. The SMILES string of the molecule is CC(CN1C(C)CCCC1C)OC(=O)c1ccc2c(c1)OCO2. The van der Waals surface area contributed by atoms with Crippen LogP contribution in [-0.4, -0.2) is 42.4 Å². The topological polar surface area (TPSA) is 48.0 Å². The van der Waals surface area contributed by atoms with E-state index >= 15 is 0 Å². The Morgan fingerprint density at radius 2 is 1.96 bits per heavy atom. The van der Waals surface area contributed by atoms with Crippen LogP contribution in [0.4, 0.5) is 0 Å². The Hall–Kier alpha value is -1.75. The van der Waals surface area contributed by atoms with Crippen LogP contribution in [0.2, 0.25) is 0 Å². The predicted octanol–water partition coefficient (Wildman–Crippen LogP) is 3.22. The molecule has 0 aliphatic carbocycles. The van der Waals surface area contributed by atoms with E-state index in [1.165, 1.54) is 19.3 Å². The quantitative estimate of drug-likeness (QED) is 0.798. The number of rotatable bonds is 4. The first-order valence-corrected chi connectivity index (χ1v) is 8.41. The number of fused-ring (bicyclic) bond motifs is 1. The molecule has 2 aliphatic rings. The summed E-state index contributed by atoms with van der Waals surface area (Å²) in [5.41, 5.74) is 0.501. The number of nitrogens with zero attached hydrogens (tertiary/aromatic N) is 1. The summed E-state index contributed by atoms with van der Waals surface area (Å²) in [6.45, 7) is 7.44. The Morgan fingerprint density at radius 1 is 1.26 bits per heavy atom. The molecule has 3 unspecified atom stereocenters. The first kappa shape index (κ1) is 16.1. The van der Waals surface area contributed by atoms with Gasteiger partial charge in [0.2, 0.25) is 6.79 Å². The van der Waals surface area contributed by atoms with E-state index in [-0.39, 0.29) is 18.9 Å². The molecule has 0 radical (unpaired) electrons. The summed E-state index contributed by atoms with van der Waals surface area (Å²) in [6, 6.07) is 6.24. The van der Waals surface area contributed by atoms with Gasteiger partial charge in [-0.05, 0) is 51.8 Å². The van der Waals surface area contributed by atoms with E-state index in [0.717, 1.165) is 6.54 Å². The second-order valence-electron chi connectivity index (χ2n) is 6.61. The number of likely N-dealkylation sites (tertiary alicyclic amines) is 1. The molecule has 1 aromatic carbocycles. The lowest BCUT2D eigenvalue weighted by molar-refractivity contribution is 0.00809. The summed E-state index contributed by atoms with van der Waals surface area (Å²) >= 11 is 0. The van der Waals surface area contributed by atoms with Crippen LogP contribution >= 0.6 is 0 Å². The lowest BCUT2D eigenvalue weighted by Gasteiger charge is -2.40. The van der Waals surface area contributed by atoms with Gasteiger partial charge in [-0.25, -0.2) is 4.79 Å². The third kappa shape index (κ3) is 3.61. The minimum atomic E-state index is -0.312. The fraction of sp³-hybridized carbons (Fsp3) is 0.611. The molecule has 0 amide bonds. The van der Waals surface area contributed by atoms with Crippen molar-refractivity contribution in [3.8, 4) is 11.5 Å². The minimum Gasteiger partial charge on any atom is -0.458 e. The molecule has 2 aliphatic heterocycles. The Morgan fingerprint density at radius 3 is 2.70 bits per heavy atom. The monoisotopic (exact) mass is 319 g/mol. The highest BCUT2D eigenvalue weighted by Crippen LogP contribution is 2.32. The highest BCUT2D eigenvalue weighted by Gasteiger charge is 2.27. The van der Waals surface area contributed by atoms with E-state index in [0.29, 0.717) is 29.1 Å². The van der Waals surface area contributed by atoms with Crippen molar-refractivity contribution in [2.24, 2.45) is 0 Å². The molecule has 23 heavy (non-hydrogen) atoms.